The molecule has 0 bridgehead atoms. The molecule has 0 unspecified atom stereocenters. The van der Waals surface area contributed by atoms with Crippen LogP contribution in [0.5, 0.6) is 0 Å². The predicted octanol–water partition coefficient (Wildman–Crippen LogP) is 1.52. The van der Waals surface area contributed by atoms with Crippen molar-refractivity contribution in [1.82, 2.24) is 9.88 Å². The van der Waals surface area contributed by atoms with E-state index in [-0.39, 0.29) is 18.3 Å². The van der Waals surface area contributed by atoms with E-state index >= 15 is 0 Å². The first-order valence-corrected chi connectivity index (χ1v) is 8.61. The molecule has 0 spiro atoms. The lowest BCUT2D eigenvalue weighted by atomic mass is 9.79. The van der Waals surface area contributed by atoms with E-state index < -0.39 is 0 Å². The molecular formula is C17H28BN3O2. The van der Waals surface area contributed by atoms with Crippen LogP contribution in [0.4, 0.5) is 5.82 Å². The van der Waals surface area contributed by atoms with Gasteiger partial charge in [0.2, 0.25) is 0 Å². The number of aromatic nitrogens is 1. The van der Waals surface area contributed by atoms with Gasteiger partial charge in [-0.25, -0.2) is 4.98 Å². The Kier molecular flexibility index (Phi) is 4.42. The smallest absolute Gasteiger partial charge is 0.399 e. The lowest BCUT2D eigenvalue weighted by molar-refractivity contribution is 0.00578. The maximum Gasteiger partial charge on any atom is 0.495 e. The van der Waals surface area contributed by atoms with Gasteiger partial charge in [0, 0.05) is 32.4 Å². The molecule has 2 fully saturated rings. The maximum absolute atomic E-state index is 6.15. The highest BCUT2D eigenvalue weighted by molar-refractivity contribution is 6.62. The number of pyridine rings is 1. The summed E-state index contributed by atoms with van der Waals surface area (Å²) in [5.41, 5.74) is 0.424. The van der Waals surface area contributed by atoms with Crippen molar-refractivity contribution in [3.63, 3.8) is 0 Å². The molecule has 0 saturated carbocycles. The number of piperazine rings is 1. The van der Waals surface area contributed by atoms with E-state index in [4.69, 9.17) is 9.31 Å². The van der Waals surface area contributed by atoms with Gasteiger partial charge < -0.3 is 19.1 Å². The van der Waals surface area contributed by atoms with E-state index in [0.29, 0.717) is 0 Å². The van der Waals surface area contributed by atoms with Crippen LogP contribution in [0.2, 0.25) is 0 Å². The standard InChI is InChI=1S/C17H28BN3O2/c1-6-20-9-11-21(12-10-20)15-13-14(7-8-19-15)18-22-16(2,3)17(4,5)23-18/h7-8,13H,6,9-12H2,1-5H3. The molecule has 3 heterocycles. The van der Waals surface area contributed by atoms with E-state index in [2.05, 4.69) is 55.5 Å². The van der Waals surface area contributed by atoms with Crippen LogP contribution in [0.3, 0.4) is 0 Å². The molecule has 2 saturated heterocycles. The molecule has 1 aromatic rings. The molecule has 1 aromatic heterocycles. The Bertz CT molecular complexity index is 541. The summed E-state index contributed by atoms with van der Waals surface area (Å²) in [5.74, 6) is 1.02. The third-order valence-electron chi connectivity index (χ3n) is 5.44. The van der Waals surface area contributed by atoms with Crippen molar-refractivity contribution in [3.8, 4) is 0 Å². The molecule has 3 rings (SSSR count). The Labute approximate surface area is 140 Å². The number of rotatable bonds is 3. The second-order valence-electron chi connectivity index (χ2n) is 7.46. The summed E-state index contributed by atoms with van der Waals surface area (Å²) in [6.45, 7) is 15.9. The van der Waals surface area contributed by atoms with Crippen molar-refractivity contribution in [2.45, 2.75) is 45.8 Å². The molecule has 126 valence electrons. The van der Waals surface area contributed by atoms with Gasteiger partial charge in [-0.3, -0.25) is 0 Å². The quantitative estimate of drug-likeness (QED) is 0.790. The van der Waals surface area contributed by atoms with Crippen LogP contribution >= 0.6 is 0 Å². The van der Waals surface area contributed by atoms with Crippen LogP contribution in [-0.2, 0) is 9.31 Å². The molecule has 23 heavy (non-hydrogen) atoms. The zero-order valence-electron chi connectivity index (χ0n) is 15.0. The van der Waals surface area contributed by atoms with Gasteiger partial charge in [0.15, 0.2) is 0 Å². The van der Waals surface area contributed by atoms with Gasteiger partial charge in [-0.2, -0.15) is 0 Å². The van der Waals surface area contributed by atoms with Gasteiger partial charge in [-0.15, -0.1) is 0 Å². The van der Waals surface area contributed by atoms with E-state index in [1.807, 2.05) is 12.3 Å². The Morgan fingerprint density at radius 1 is 1.09 bits per heavy atom. The fourth-order valence-electron chi connectivity index (χ4n) is 3.03. The highest BCUT2D eigenvalue weighted by atomic mass is 16.7. The molecular weight excluding hydrogens is 289 g/mol. The Hall–Kier alpha value is -1.11. The third-order valence-corrected chi connectivity index (χ3v) is 5.44. The average Bonchev–Trinajstić information content (AvgIpc) is 2.76. The first-order valence-electron chi connectivity index (χ1n) is 8.61. The van der Waals surface area contributed by atoms with Crippen LogP contribution < -0.4 is 10.4 Å². The first kappa shape index (κ1) is 16.7. The van der Waals surface area contributed by atoms with Crippen LogP contribution in [-0.4, -0.2) is 60.9 Å². The van der Waals surface area contributed by atoms with Crippen molar-refractivity contribution in [2.75, 3.05) is 37.6 Å². The van der Waals surface area contributed by atoms with Crippen LogP contribution in [0.1, 0.15) is 34.6 Å². The van der Waals surface area contributed by atoms with Gasteiger partial charge >= 0.3 is 7.12 Å². The zero-order chi connectivity index (χ0) is 16.7. The van der Waals surface area contributed by atoms with Gasteiger partial charge in [0.05, 0.1) is 11.2 Å². The minimum Gasteiger partial charge on any atom is -0.399 e. The topological polar surface area (TPSA) is 37.8 Å². The van der Waals surface area contributed by atoms with Crippen molar-refractivity contribution in [2.24, 2.45) is 0 Å². The van der Waals surface area contributed by atoms with E-state index in [1.54, 1.807) is 0 Å². The molecule has 0 N–H and O–H groups in total. The van der Waals surface area contributed by atoms with E-state index in [9.17, 15) is 0 Å². The molecule has 0 amide bonds. The van der Waals surface area contributed by atoms with Crippen molar-refractivity contribution < 1.29 is 9.31 Å². The highest BCUT2D eigenvalue weighted by Crippen LogP contribution is 2.36. The number of likely N-dealkylation sites (N-methyl/N-ethyl adjacent to an activating group) is 1. The average molecular weight is 317 g/mol. The van der Waals surface area contributed by atoms with Crippen molar-refractivity contribution in [3.05, 3.63) is 18.3 Å². The monoisotopic (exact) mass is 317 g/mol. The summed E-state index contributed by atoms with van der Waals surface area (Å²) in [4.78, 5) is 9.37. The Morgan fingerprint density at radius 3 is 2.26 bits per heavy atom. The highest BCUT2D eigenvalue weighted by Gasteiger charge is 2.51. The lowest BCUT2D eigenvalue weighted by Crippen LogP contribution is -2.47. The predicted molar refractivity (Wildman–Crippen MR) is 94.3 cm³/mol. The molecule has 0 atom stereocenters. The summed E-state index contributed by atoms with van der Waals surface area (Å²) in [6, 6.07) is 4.11. The van der Waals surface area contributed by atoms with Crippen molar-refractivity contribution >= 4 is 18.4 Å². The van der Waals surface area contributed by atoms with Gasteiger partial charge in [0.25, 0.3) is 0 Å². The van der Waals surface area contributed by atoms with Crippen LogP contribution in [0.25, 0.3) is 0 Å². The molecule has 0 radical (unpaired) electrons. The fraction of sp³-hybridized carbons (Fsp3) is 0.706. The fourth-order valence-corrected chi connectivity index (χ4v) is 3.03. The van der Waals surface area contributed by atoms with E-state index in [1.165, 1.54) is 0 Å². The lowest BCUT2D eigenvalue weighted by Gasteiger charge is -2.34. The van der Waals surface area contributed by atoms with Gasteiger partial charge in [-0.1, -0.05) is 6.92 Å². The second-order valence-corrected chi connectivity index (χ2v) is 7.46. The Balaban J connectivity index is 1.74. The molecule has 2 aliphatic rings. The number of hydrogen-bond donors (Lipinski definition) is 0. The minimum absolute atomic E-state index is 0.312. The third kappa shape index (κ3) is 3.25. The summed E-state index contributed by atoms with van der Waals surface area (Å²) in [5, 5.41) is 0. The number of anilines is 1. The molecule has 0 aromatic carbocycles. The van der Waals surface area contributed by atoms with E-state index in [0.717, 1.165) is 44.0 Å². The normalized spacial score (nSPS) is 24.2. The summed E-state index contributed by atoms with van der Waals surface area (Å²) in [7, 11) is -0.321. The number of nitrogens with zero attached hydrogens (tertiary/aromatic N) is 3. The first-order chi connectivity index (χ1) is 10.8. The van der Waals surface area contributed by atoms with Crippen molar-refractivity contribution in [1.29, 1.82) is 0 Å². The van der Waals surface area contributed by atoms with Crippen LogP contribution in [0, 0.1) is 0 Å². The summed E-state index contributed by atoms with van der Waals surface area (Å²) < 4.78 is 12.3. The molecule has 2 aliphatic heterocycles. The Morgan fingerprint density at radius 2 is 1.70 bits per heavy atom. The molecule has 0 aliphatic carbocycles. The minimum atomic E-state index is -0.321. The summed E-state index contributed by atoms with van der Waals surface area (Å²) in [6.07, 6.45) is 1.86. The van der Waals surface area contributed by atoms with Gasteiger partial charge in [0.1, 0.15) is 5.82 Å². The maximum atomic E-state index is 6.15. The van der Waals surface area contributed by atoms with Gasteiger partial charge in [-0.05, 0) is 51.8 Å². The largest absolute Gasteiger partial charge is 0.495 e. The SMILES string of the molecule is CCN1CCN(c2cc(B3OC(C)(C)C(C)(C)O3)ccn2)CC1. The summed E-state index contributed by atoms with van der Waals surface area (Å²) >= 11 is 0. The molecule has 5 nitrogen and oxygen atoms in total. The van der Waals surface area contributed by atoms with Crippen LogP contribution in [0.15, 0.2) is 18.3 Å². The zero-order valence-corrected chi connectivity index (χ0v) is 15.0. The second kappa shape index (κ2) is 6.08. The number of hydrogen-bond acceptors (Lipinski definition) is 5. The molecule has 6 heteroatoms.